The molecule has 1 aromatic heterocycles. The standard InChI is InChI=1S/C22H23N5O3/c23-21-19(22(24)29)20(25-27(21)16-5-4-12-26(13-16)14-28)15-8-10-18(11-9-15)30-17-6-2-1-3-7-17/h1-3,6-11,14,16H,4-5,12-13,23H2,(H2,24,29). The van der Waals surface area contributed by atoms with E-state index in [0.717, 1.165) is 25.0 Å². The van der Waals surface area contributed by atoms with Crippen molar-refractivity contribution >= 4 is 18.1 Å². The summed E-state index contributed by atoms with van der Waals surface area (Å²) in [5.74, 6) is 0.974. The van der Waals surface area contributed by atoms with Crippen molar-refractivity contribution in [1.29, 1.82) is 0 Å². The molecule has 154 valence electrons. The number of carbonyl (C=O) groups is 2. The first-order valence-electron chi connectivity index (χ1n) is 9.77. The lowest BCUT2D eigenvalue weighted by molar-refractivity contribution is -0.119. The SMILES string of the molecule is NC(=O)c1c(-c2ccc(Oc3ccccc3)cc2)nn(C2CCCN(C=O)C2)c1N. The minimum atomic E-state index is -0.638. The summed E-state index contributed by atoms with van der Waals surface area (Å²) in [4.78, 5) is 25.0. The summed E-state index contributed by atoms with van der Waals surface area (Å²) in [5, 5.41) is 4.61. The lowest BCUT2D eigenvalue weighted by Gasteiger charge is -2.30. The van der Waals surface area contributed by atoms with E-state index in [0.29, 0.717) is 30.1 Å². The Balaban J connectivity index is 1.64. The number of primary amides is 1. The second-order valence-corrected chi connectivity index (χ2v) is 7.25. The Morgan fingerprint density at radius 1 is 1.10 bits per heavy atom. The number of nitrogens with zero attached hydrogens (tertiary/aromatic N) is 3. The first-order valence-corrected chi connectivity index (χ1v) is 9.77. The summed E-state index contributed by atoms with van der Waals surface area (Å²) < 4.78 is 7.44. The van der Waals surface area contributed by atoms with Crippen LogP contribution in [0.2, 0.25) is 0 Å². The van der Waals surface area contributed by atoms with Gasteiger partial charge in [0.15, 0.2) is 0 Å². The third kappa shape index (κ3) is 3.84. The Kier molecular flexibility index (Phi) is 5.38. The highest BCUT2D eigenvalue weighted by Gasteiger charge is 2.28. The second-order valence-electron chi connectivity index (χ2n) is 7.25. The van der Waals surface area contributed by atoms with Crippen LogP contribution >= 0.6 is 0 Å². The number of anilines is 1. The summed E-state index contributed by atoms with van der Waals surface area (Å²) in [6.07, 6.45) is 2.49. The number of likely N-dealkylation sites (tertiary alicyclic amines) is 1. The zero-order valence-electron chi connectivity index (χ0n) is 16.4. The van der Waals surface area contributed by atoms with Crippen molar-refractivity contribution in [3.63, 3.8) is 0 Å². The van der Waals surface area contributed by atoms with E-state index < -0.39 is 5.91 Å². The van der Waals surface area contributed by atoms with Crippen LogP contribution in [0.25, 0.3) is 11.3 Å². The molecule has 4 N–H and O–H groups in total. The van der Waals surface area contributed by atoms with Crippen molar-refractivity contribution in [1.82, 2.24) is 14.7 Å². The molecule has 8 nitrogen and oxygen atoms in total. The van der Waals surface area contributed by atoms with Gasteiger partial charge in [0.05, 0.1) is 6.04 Å². The minimum Gasteiger partial charge on any atom is -0.457 e. The molecule has 1 atom stereocenters. The third-order valence-corrected chi connectivity index (χ3v) is 5.22. The van der Waals surface area contributed by atoms with E-state index >= 15 is 0 Å². The number of rotatable bonds is 6. The van der Waals surface area contributed by atoms with Gasteiger partial charge >= 0.3 is 0 Å². The molecule has 2 heterocycles. The van der Waals surface area contributed by atoms with Gasteiger partial charge in [-0.05, 0) is 49.2 Å². The van der Waals surface area contributed by atoms with Gasteiger partial charge in [-0.25, -0.2) is 4.68 Å². The van der Waals surface area contributed by atoms with Crippen LogP contribution in [-0.2, 0) is 4.79 Å². The maximum atomic E-state index is 12.1. The smallest absolute Gasteiger partial charge is 0.254 e. The second kappa shape index (κ2) is 8.28. The largest absolute Gasteiger partial charge is 0.457 e. The lowest BCUT2D eigenvalue weighted by Crippen LogP contribution is -2.36. The summed E-state index contributed by atoms with van der Waals surface area (Å²) in [6, 6.07) is 16.6. The molecule has 0 spiro atoms. The topological polar surface area (TPSA) is 116 Å². The van der Waals surface area contributed by atoms with Gasteiger partial charge in [-0.1, -0.05) is 18.2 Å². The fraction of sp³-hybridized carbons (Fsp3) is 0.227. The Hall–Kier alpha value is -3.81. The zero-order valence-corrected chi connectivity index (χ0v) is 16.4. The number of nitrogen functional groups attached to an aromatic ring is 1. The van der Waals surface area contributed by atoms with Gasteiger partial charge in [0.1, 0.15) is 28.6 Å². The van der Waals surface area contributed by atoms with Crippen LogP contribution in [0, 0.1) is 0 Å². The first kappa shape index (κ1) is 19.5. The van der Waals surface area contributed by atoms with E-state index in [2.05, 4.69) is 5.10 Å². The van der Waals surface area contributed by atoms with Gasteiger partial charge in [-0.2, -0.15) is 5.10 Å². The zero-order chi connectivity index (χ0) is 21.1. The molecule has 0 aliphatic carbocycles. The van der Waals surface area contributed by atoms with Crippen LogP contribution in [0.4, 0.5) is 5.82 Å². The average Bonchev–Trinajstić information content (AvgIpc) is 3.12. The van der Waals surface area contributed by atoms with Crippen LogP contribution in [0.15, 0.2) is 54.6 Å². The number of benzene rings is 2. The van der Waals surface area contributed by atoms with Crippen molar-refractivity contribution in [3.8, 4) is 22.8 Å². The molecular weight excluding hydrogens is 382 g/mol. The van der Waals surface area contributed by atoms with Gasteiger partial charge in [0.2, 0.25) is 6.41 Å². The van der Waals surface area contributed by atoms with Crippen molar-refractivity contribution in [2.75, 3.05) is 18.8 Å². The van der Waals surface area contributed by atoms with E-state index in [-0.39, 0.29) is 17.4 Å². The molecule has 1 unspecified atom stereocenters. The van der Waals surface area contributed by atoms with Crippen LogP contribution in [0.1, 0.15) is 29.2 Å². The Morgan fingerprint density at radius 3 is 2.47 bits per heavy atom. The van der Waals surface area contributed by atoms with Crippen LogP contribution in [0.3, 0.4) is 0 Å². The number of hydrogen-bond acceptors (Lipinski definition) is 5. The predicted octanol–water partition coefficient (Wildman–Crippen LogP) is 2.82. The summed E-state index contributed by atoms with van der Waals surface area (Å²) in [6.45, 7) is 1.20. The minimum absolute atomic E-state index is 0.100. The molecule has 0 radical (unpaired) electrons. The number of aromatic nitrogens is 2. The third-order valence-electron chi connectivity index (χ3n) is 5.22. The molecule has 1 fully saturated rings. The number of para-hydroxylation sites is 1. The molecule has 2 aromatic carbocycles. The quantitative estimate of drug-likeness (QED) is 0.612. The average molecular weight is 405 g/mol. The van der Waals surface area contributed by atoms with Crippen LogP contribution < -0.4 is 16.2 Å². The molecule has 1 aliphatic rings. The van der Waals surface area contributed by atoms with Crippen molar-refractivity contribution < 1.29 is 14.3 Å². The van der Waals surface area contributed by atoms with Gasteiger partial charge in [0.25, 0.3) is 5.91 Å². The number of piperidine rings is 1. The highest BCUT2D eigenvalue weighted by Crippen LogP contribution is 2.33. The molecule has 4 rings (SSSR count). The monoisotopic (exact) mass is 405 g/mol. The fourth-order valence-electron chi connectivity index (χ4n) is 3.75. The molecule has 8 heteroatoms. The highest BCUT2D eigenvalue weighted by molar-refractivity contribution is 6.03. The van der Waals surface area contributed by atoms with E-state index in [1.54, 1.807) is 21.7 Å². The van der Waals surface area contributed by atoms with Crippen LogP contribution in [-0.4, -0.2) is 40.1 Å². The van der Waals surface area contributed by atoms with E-state index in [1.807, 2.05) is 42.5 Å². The summed E-state index contributed by atoms with van der Waals surface area (Å²) in [5.41, 5.74) is 13.2. The van der Waals surface area contributed by atoms with E-state index in [1.165, 1.54) is 0 Å². The molecular formula is C22H23N5O3. The number of ether oxygens (including phenoxy) is 1. The van der Waals surface area contributed by atoms with Crippen molar-refractivity contribution in [2.24, 2.45) is 5.73 Å². The maximum absolute atomic E-state index is 12.1. The summed E-state index contributed by atoms with van der Waals surface area (Å²) in [7, 11) is 0. The number of hydrogen-bond donors (Lipinski definition) is 2. The van der Waals surface area contributed by atoms with Gasteiger partial charge in [0, 0.05) is 18.7 Å². The van der Waals surface area contributed by atoms with Crippen molar-refractivity contribution in [2.45, 2.75) is 18.9 Å². The number of carbonyl (C=O) groups excluding carboxylic acids is 2. The molecule has 0 saturated carbocycles. The normalized spacial score (nSPS) is 16.3. The summed E-state index contributed by atoms with van der Waals surface area (Å²) >= 11 is 0. The molecule has 30 heavy (non-hydrogen) atoms. The number of amides is 2. The molecule has 2 amide bonds. The molecule has 3 aromatic rings. The fourth-order valence-corrected chi connectivity index (χ4v) is 3.75. The van der Waals surface area contributed by atoms with Crippen LogP contribution in [0.5, 0.6) is 11.5 Å². The van der Waals surface area contributed by atoms with Gasteiger partial charge in [-0.3, -0.25) is 9.59 Å². The van der Waals surface area contributed by atoms with E-state index in [9.17, 15) is 9.59 Å². The number of nitrogens with two attached hydrogens (primary N) is 2. The molecule has 0 bridgehead atoms. The van der Waals surface area contributed by atoms with Gasteiger partial charge < -0.3 is 21.1 Å². The Morgan fingerprint density at radius 2 is 1.80 bits per heavy atom. The van der Waals surface area contributed by atoms with E-state index in [4.69, 9.17) is 16.2 Å². The van der Waals surface area contributed by atoms with Crippen molar-refractivity contribution in [3.05, 3.63) is 60.2 Å². The Labute approximate surface area is 174 Å². The highest BCUT2D eigenvalue weighted by atomic mass is 16.5. The lowest BCUT2D eigenvalue weighted by atomic mass is 10.1. The Bertz CT molecular complexity index is 1050. The molecule has 1 saturated heterocycles. The molecule has 1 aliphatic heterocycles. The first-order chi connectivity index (χ1) is 14.6. The maximum Gasteiger partial charge on any atom is 0.254 e. The van der Waals surface area contributed by atoms with Gasteiger partial charge in [-0.15, -0.1) is 0 Å². The predicted molar refractivity (Wildman–Crippen MR) is 113 cm³/mol.